The van der Waals surface area contributed by atoms with Gasteiger partial charge in [0.1, 0.15) is 6.04 Å². The first-order chi connectivity index (χ1) is 9.08. The summed E-state index contributed by atoms with van der Waals surface area (Å²) < 4.78 is 0. The summed E-state index contributed by atoms with van der Waals surface area (Å²) in [7, 11) is 0. The summed E-state index contributed by atoms with van der Waals surface area (Å²) in [5.41, 5.74) is 8.08. The van der Waals surface area contributed by atoms with Gasteiger partial charge in [-0.15, -0.1) is 0 Å². The first-order valence-corrected chi connectivity index (χ1v) is 7.20. The van der Waals surface area contributed by atoms with E-state index in [2.05, 4.69) is 12.2 Å². The molecular formula is C16H24N2O. The summed E-state index contributed by atoms with van der Waals surface area (Å²) in [6, 6.07) is 7.50. The summed E-state index contributed by atoms with van der Waals surface area (Å²) >= 11 is 0. The monoisotopic (exact) mass is 260 g/mol. The van der Waals surface area contributed by atoms with Crippen LogP contribution in [0.5, 0.6) is 0 Å². The molecule has 2 rings (SSSR count). The maximum atomic E-state index is 12.2. The van der Waals surface area contributed by atoms with E-state index in [0.29, 0.717) is 5.92 Å². The molecular weight excluding hydrogens is 236 g/mol. The molecule has 1 amide bonds. The van der Waals surface area contributed by atoms with E-state index >= 15 is 0 Å². The number of carbonyl (C=O) groups is 1. The fourth-order valence-electron chi connectivity index (χ4n) is 2.81. The molecule has 3 N–H and O–H groups in total. The third kappa shape index (κ3) is 3.57. The molecule has 0 radical (unpaired) electrons. The Labute approximate surface area is 115 Å². The molecule has 2 atom stereocenters. The maximum absolute atomic E-state index is 12.2. The number of carbonyl (C=O) groups excluding carboxylic acids is 1. The third-order valence-electron chi connectivity index (χ3n) is 4.20. The molecule has 3 nitrogen and oxygen atoms in total. The summed E-state index contributed by atoms with van der Waals surface area (Å²) in [4.78, 5) is 12.2. The van der Waals surface area contributed by atoms with Crippen molar-refractivity contribution in [2.24, 2.45) is 11.7 Å². The maximum Gasteiger partial charge on any atom is 0.241 e. The molecule has 1 aromatic rings. The van der Waals surface area contributed by atoms with E-state index in [1.165, 1.54) is 31.2 Å². The first kappa shape index (κ1) is 14.1. The molecule has 3 heteroatoms. The molecule has 0 aromatic heterocycles. The predicted octanol–water partition coefficient (Wildman–Crippen LogP) is 2.69. The summed E-state index contributed by atoms with van der Waals surface area (Å²) in [5, 5.41) is 3.07. The van der Waals surface area contributed by atoms with Crippen LogP contribution in [0.4, 0.5) is 0 Å². The molecule has 0 aliphatic heterocycles. The van der Waals surface area contributed by atoms with Crippen molar-refractivity contribution in [1.82, 2.24) is 5.32 Å². The minimum atomic E-state index is -0.565. The Bertz CT molecular complexity index is 421. The van der Waals surface area contributed by atoms with Gasteiger partial charge in [-0.05, 0) is 38.2 Å². The van der Waals surface area contributed by atoms with Crippen LogP contribution in [0.1, 0.15) is 49.8 Å². The lowest BCUT2D eigenvalue weighted by molar-refractivity contribution is -0.123. The smallest absolute Gasteiger partial charge is 0.241 e. The molecule has 0 heterocycles. The van der Waals surface area contributed by atoms with E-state index in [9.17, 15) is 4.79 Å². The predicted molar refractivity (Wildman–Crippen MR) is 77.7 cm³/mol. The lowest BCUT2D eigenvalue weighted by Gasteiger charge is -2.22. The van der Waals surface area contributed by atoms with Gasteiger partial charge in [0.05, 0.1) is 0 Å². The van der Waals surface area contributed by atoms with Gasteiger partial charge >= 0.3 is 0 Å². The fourth-order valence-corrected chi connectivity index (χ4v) is 2.81. The molecule has 19 heavy (non-hydrogen) atoms. The van der Waals surface area contributed by atoms with Crippen LogP contribution < -0.4 is 11.1 Å². The largest absolute Gasteiger partial charge is 0.352 e. The Hall–Kier alpha value is -1.35. The van der Waals surface area contributed by atoms with Crippen LogP contribution in [0.25, 0.3) is 0 Å². The van der Waals surface area contributed by atoms with Crippen LogP contribution in [-0.4, -0.2) is 11.9 Å². The normalized spacial score (nSPS) is 19.1. The van der Waals surface area contributed by atoms with Crippen molar-refractivity contribution >= 4 is 5.91 Å². The fraction of sp³-hybridized carbons (Fsp3) is 0.562. The van der Waals surface area contributed by atoms with Crippen molar-refractivity contribution in [3.63, 3.8) is 0 Å². The van der Waals surface area contributed by atoms with Gasteiger partial charge in [0.15, 0.2) is 0 Å². The SMILES string of the molecule is Cc1ccc(C(N)C(=O)N[C@@H](C)C2CCCC2)cc1. The summed E-state index contributed by atoms with van der Waals surface area (Å²) in [6.45, 7) is 4.12. The van der Waals surface area contributed by atoms with E-state index in [1.807, 2.05) is 31.2 Å². The molecule has 1 aliphatic carbocycles. The Balaban J connectivity index is 1.93. The van der Waals surface area contributed by atoms with Crippen molar-refractivity contribution < 1.29 is 4.79 Å². The van der Waals surface area contributed by atoms with E-state index in [-0.39, 0.29) is 11.9 Å². The van der Waals surface area contributed by atoms with Crippen LogP contribution in [0.3, 0.4) is 0 Å². The van der Waals surface area contributed by atoms with E-state index in [4.69, 9.17) is 5.73 Å². The third-order valence-corrected chi connectivity index (χ3v) is 4.20. The molecule has 1 fully saturated rings. The quantitative estimate of drug-likeness (QED) is 0.874. The number of nitrogens with one attached hydrogen (secondary N) is 1. The van der Waals surface area contributed by atoms with Gasteiger partial charge in [-0.2, -0.15) is 0 Å². The number of hydrogen-bond donors (Lipinski definition) is 2. The summed E-state index contributed by atoms with van der Waals surface area (Å²) in [5.74, 6) is 0.553. The first-order valence-electron chi connectivity index (χ1n) is 7.20. The van der Waals surface area contributed by atoms with Crippen LogP contribution in [0.2, 0.25) is 0 Å². The second kappa shape index (κ2) is 6.20. The molecule has 1 saturated carbocycles. The number of rotatable bonds is 4. The molecule has 1 aromatic carbocycles. The van der Waals surface area contributed by atoms with Crippen LogP contribution in [0.15, 0.2) is 24.3 Å². The van der Waals surface area contributed by atoms with Crippen molar-refractivity contribution in [2.45, 2.75) is 51.6 Å². The second-order valence-corrected chi connectivity index (χ2v) is 5.73. The number of nitrogens with two attached hydrogens (primary N) is 1. The Morgan fingerprint density at radius 3 is 2.42 bits per heavy atom. The van der Waals surface area contributed by atoms with Gasteiger partial charge in [0.25, 0.3) is 0 Å². The number of amides is 1. The zero-order valence-electron chi connectivity index (χ0n) is 11.9. The number of benzene rings is 1. The molecule has 1 unspecified atom stereocenters. The molecule has 0 spiro atoms. The number of aryl methyl sites for hydroxylation is 1. The zero-order chi connectivity index (χ0) is 13.8. The van der Waals surface area contributed by atoms with Gasteiger partial charge in [-0.1, -0.05) is 42.7 Å². The highest BCUT2D eigenvalue weighted by Crippen LogP contribution is 2.27. The minimum Gasteiger partial charge on any atom is -0.352 e. The van der Waals surface area contributed by atoms with Crippen LogP contribution in [0, 0.1) is 12.8 Å². The lowest BCUT2D eigenvalue weighted by atomic mass is 9.98. The van der Waals surface area contributed by atoms with Crippen LogP contribution >= 0.6 is 0 Å². The minimum absolute atomic E-state index is 0.0664. The number of hydrogen-bond acceptors (Lipinski definition) is 2. The Kier molecular flexibility index (Phi) is 4.59. The Morgan fingerprint density at radius 1 is 1.26 bits per heavy atom. The highest BCUT2D eigenvalue weighted by atomic mass is 16.2. The van der Waals surface area contributed by atoms with Gasteiger partial charge in [0.2, 0.25) is 5.91 Å². The second-order valence-electron chi connectivity index (χ2n) is 5.73. The topological polar surface area (TPSA) is 55.1 Å². The van der Waals surface area contributed by atoms with Gasteiger partial charge in [-0.25, -0.2) is 0 Å². The average molecular weight is 260 g/mol. The zero-order valence-corrected chi connectivity index (χ0v) is 11.9. The van der Waals surface area contributed by atoms with E-state index in [0.717, 1.165) is 5.56 Å². The van der Waals surface area contributed by atoms with Gasteiger partial charge in [-0.3, -0.25) is 4.79 Å². The van der Waals surface area contributed by atoms with Gasteiger partial charge in [0, 0.05) is 6.04 Å². The molecule has 0 bridgehead atoms. The lowest BCUT2D eigenvalue weighted by Crippen LogP contribution is -2.42. The van der Waals surface area contributed by atoms with E-state index < -0.39 is 6.04 Å². The van der Waals surface area contributed by atoms with Crippen molar-refractivity contribution in [2.75, 3.05) is 0 Å². The molecule has 1 aliphatic rings. The van der Waals surface area contributed by atoms with Crippen molar-refractivity contribution in [3.05, 3.63) is 35.4 Å². The Morgan fingerprint density at radius 2 is 1.84 bits per heavy atom. The van der Waals surface area contributed by atoms with E-state index in [1.54, 1.807) is 0 Å². The highest BCUT2D eigenvalue weighted by Gasteiger charge is 2.25. The molecule has 0 saturated heterocycles. The highest BCUT2D eigenvalue weighted by molar-refractivity contribution is 5.83. The standard InChI is InChI=1S/C16H24N2O/c1-11-7-9-14(10-8-11)15(17)16(19)18-12(2)13-5-3-4-6-13/h7-10,12-13,15H,3-6,17H2,1-2H3,(H,18,19)/t12-,15?/m0/s1. The van der Waals surface area contributed by atoms with Gasteiger partial charge < -0.3 is 11.1 Å². The van der Waals surface area contributed by atoms with Crippen molar-refractivity contribution in [1.29, 1.82) is 0 Å². The van der Waals surface area contributed by atoms with Crippen molar-refractivity contribution in [3.8, 4) is 0 Å². The average Bonchev–Trinajstić information content (AvgIpc) is 2.92. The summed E-state index contributed by atoms with van der Waals surface area (Å²) in [6.07, 6.45) is 5.02. The molecule has 104 valence electrons. The van der Waals surface area contributed by atoms with Crippen LogP contribution in [-0.2, 0) is 4.79 Å².